The van der Waals surface area contributed by atoms with Crippen LogP contribution >= 0.6 is 11.3 Å². The molecule has 2 aromatic heterocycles. The second kappa shape index (κ2) is 5.30. The van der Waals surface area contributed by atoms with Crippen LogP contribution in [0.4, 0.5) is 0 Å². The summed E-state index contributed by atoms with van der Waals surface area (Å²) in [6.45, 7) is 0. The molecule has 1 aromatic carbocycles. The number of benzene rings is 1. The third-order valence-corrected chi connectivity index (χ3v) is 3.82. The van der Waals surface area contributed by atoms with Gasteiger partial charge in [-0.15, -0.1) is 11.3 Å². The van der Waals surface area contributed by atoms with E-state index >= 15 is 0 Å². The molecule has 3 aromatic rings. The lowest BCUT2D eigenvalue weighted by atomic mass is 10.2. The zero-order valence-electron chi connectivity index (χ0n) is 10.8. The number of carbonyl (C=O) groups excluding carboxylic acids is 1. The molecule has 0 bridgehead atoms. The maximum Gasteiger partial charge on any atom is 0.221 e. The topological polar surface area (TPSA) is 44.1 Å². The monoisotopic (exact) mass is 284 g/mol. The number of rotatable bonds is 4. The Morgan fingerprint density at radius 3 is 2.75 bits per heavy atom. The van der Waals surface area contributed by atoms with Crippen molar-refractivity contribution in [3.8, 4) is 11.4 Å². The maximum atomic E-state index is 12.5. The number of nitrogens with zero attached hydrogens (tertiary/aromatic N) is 2. The van der Waals surface area contributed by atoms with Crippen LogP contribution in [0.5, 0.6) is 5.75 Å². The molecular weight excluding hydrogens is 272 g/mol. The van der Waals surface area contributed by atoms with E-state index in [1.165, 1.54) is 11.3 Å². The number of para-hydroxylation sites is 1. The molecule has 0 saturated carbocycles. The summed E-state index contributed by atoms with van der Waals surface area (Å²) < 4.78 is 6.76. The fraction of sp³-hybridized carbons (Fsp3) is 0.0667. The van der Waals surface area contributed by atoms with Crippen LogP contribution in [0.15, 0.2) is 54.0 Å². The molecule has 2 heterocycles. The van der Waals surface area contributed by atoms with E-state index < -0.39 is 0 Å². The first-order chi connectivity index (χ1) is 9.79. The van der Waals surface area contributed by atoms with E-state index in [0.717, 1.165) is 5.69 Å². The lowest BCUT2D eigenvalue weighted by Crippen LogP contribution is -2.08. The van der Waals surface area contributed by atoms with Crippen LogP contribution in [-0.2, 0) is 0 Å². The number of ketones is 1. The number of hydrogen-bond donors (Lipinski definition) is 0. The predicted octanol–water partition coefficient (Wildman–Crippen LogP) is 3.17. The van der Waals surface area contributed by atoms with Crippen LogP contribution in [0, 0.1) is 0 Å². The van der Waals surface area contributed by atoms with Gasteiger partial charge >= 0.3 is 0 Å². The van der Waals surface area contributed by atoms with Gasteiger partial charge in [0.05, 0.1) is 23.9 Å². The van der Waals surface area contributed by atoms with Crippen LogP contribution in [0.3, 0.4) is 0 Å². The minimum atomic E-state index is -0.0559. The van der Waals surface area contributed by atoms with Crippen LogP contribution in [-0.4, -0.2) is 22.7 Å². The summed E-state index contributed by atoms with van der Waals surface area (Å²) in [5.74, 6) is 0.642. The molecule has 0 saturated heterocycles. The molecule has 0 spiro atoms. The van der Waals surface area contributed by atoms with Gasteiger partial charge in [-0.3, -0.25) is 4.79 Å². The van der Waals surface area contributed by atoms with Crippen molar-refractivity contribution in [1.82, 2.24) is 9.78 Å². The Morgan fingerprint density at radius 2 is 2.05 bits per heavy atom. The minimum Gasteiger partial charge on any atom is -0.496 e. The molecule has 0 aliphatic rings. The zero-order chi connectivity index (χ0) is 13.9. The fourth-order valence-electron chi connectivity index (χ4n) is 1.92. The predicted molar refractivity (Wildman–Crippen MR) is 77.9 cm³/mol. The van der Waals surface area contributed by atoms with Gasteiger partial charge in [-0.05, 0) is 18.2 Å². The second-order valence-electron chi connectivity index (χ2n) is 4.14. The number of aromatic nitrogens is 2. The summed E-state index contributed by atoms with van der Waals surface area (Å²) in [5.41, 5.74) is 1.41. The number of ether oxygens (including phenoxy) is 1. The smallest absolute Gasteiger partial charge is 0.221 e. The van der Waals surface area contributed by atoms with Gasteiger partial charge in [0.1, 0.15) is 11.4 Å². The molecule has 5 heteroatoms. The number of methoxy groups -OCH3 is 1. The van der Waals surface area contributed by atoms with Crippen molar-refractivity contribution in [3.63, 3.8) is 0 Å². The van der Waals surface area contributed by atoms with E-state index in [2.05, 4.69) is 5.10 Å². The minimum absolute atomic E-state index is 0.0559. The Kier molecular flexibility index (Phi) is 3.35. The maximum absolute atomic E-state index is 12.5. The summed E-state index contributed by atoms with van der Waals surface area (Å²) >= 11 is 1.37. The Morgan fingerprint density at radius 1 is 1.25 bits per heavy atom. The highest BCUT2D eigenvalue weighted by molar-refractivity contribution is 7.12. The van der Waals surface area contributed by atoms with Gasteiger partial charge in [0.15, 0.2) is 0 Å². The van der Waals surface area contributed by atoms with E-state index in [1.807, 2.05) is 35.7 Å². The molecule has 0 aliphatic carbocycles. The van der Waals surface area contributed by atoms with Gasteiger partial charge < -0.3 is 4.74 Å². The van der Waals surface area contributed by atoms with E-state index in [1.54, 1.807) is 30.1 Å². The molecular formula is C15H12N2O2S. The van der Waals surface area contributed by atoms with Crippen molar-refractivity contribution >= 4 is 17.1 Å². The quantitative estimate of drug-likeness (QED) is 0.691. The largest absolute Gasteiger partial charge is 0.496 e. The zero-order valence-corrected chi connectivity index (χ0v) is 11.6. The van der Waals surface area contributed by atoms with Gasteiger partial charge in [-0.2, -0.15) is 5.10 Å². The average Bonchev–Trinajstić information content (AvgIpc) is 3.16. The molecule has 0 fully saturated rings. The third-order valence-electron chi connectivity index (χ3n) is 2.91. The first-order valence-electron chi connectivity index (χ1n) is 6.06. The highest BCUT2D eigenvalue weighted by atomic mass is 32.1. The van der Waals surface area contributed by atoms with Crippen LogP contribution < -0.4 is 4.74 Å². The van der Waals surface area contributed by atoms with Crippen molar-refractivity contribution < 1.29 is 9.53 Å². The molecule has 0 amide bonds. The highest BCUT2D eigenvalue weighted by Crippen LogP contribution is 2.24. The van der Waals surface area contributed by atoms with Gasteiger partial charge in [0, 0.05) is 11.4 Å². The van der Waals surface area contributed by atoms with Gasteiger partial charge in [0.25, 0.3) is 0 Å². The van der Waals surface area contributed by atoms with E-state index in [0.29, 0.717) is 16.3 Å². The van der Waals surface area contributed by atoms with E-state index in [4.69, 9.17) is 4.74 Å². The number of hydrogen-bond acceptors (Lipinski definition) is 4. The lowest BCUT2D eigenvalue weighted by Gasteiger charge is -2.05. The third kappa shape index (κ3) is 2.23. The summed E-state index contributed by atoms with van der Waals surface area (Å²) in [6.07, 6.45) is 1.63. The summed E-state index contributed by atoms with van der Waals surface area (Å²) in [4.78, 5) is 13.2. The summed E-state index contributed by atoms with van der Waals surface area (Å²) in [5, 5.41) is 6.05. The van der Waals surface area contributed by atoms with Crippen molar-refractivity contribution in [2.24, 2.45) is 0 Å². The standard InChI is InChI=1S/C15H12N2O2S/c1-19-12-9-14(20-10-12)15(18)13-7-8-16-17(13)11-5-3-2-4-6-11/h2-10H,1H3. The van der Waals surface area contributed by atoms with Gasteiger partial charge in [0.2, 0.25) is 5.78 Å². The van der Waals surface area contributed by atoms with Crippen molar-refractivity contribution in [1.29, 1.82) is 0 Å². The molecule has 0 atom stereocenters. The van der Waals surface area contributed by atoms with Crippen LogP contribution in [0.25, 0.3) is 5.69 Å². The molecule has 20 heavy (non-hydrogen) atoms. The van der Waals surface area contributed by atoms with Crippen molar-refractivity contribution in [2.75, 3.05) is 7.11 Å². The Hall–Kier alpha value is -2.40. The molecule has 0 aliphatic heterocycles. The second-order valence-corrected chi connectivity index (χ2v) is 5.05. The number of carbonyl (C=O) groups is 1. The van der Waals surface area contributed by atoms with Gasteiger partial charge in [-0.25, -0.2) is 4.68 Å². The Bertz CT molecular complexity index is 731. The summed E-state index contributed by atoms with van der Waals surface area (Å²) in [7, 11) is 1.59. The van der Waals surface area contributed by atoms with Crippen molar-refractivity contribution in [3.05, 3.63) is 64.6 Å². The molecule has 3 rings (SSSR count). The van der Waals surface area contributed by atoms with Crippen LogP contribution in [0.1, 0.15) is 15.4 Å². The van der Waals surface area contributed by atoms with Crippen LogP contribution in [0.2, 0.25) is 0 Å². The Labute approximate surface area is 120 Å². The SMILES string of the molecule is COc1csc(C(=O)c2ccnn2-c2ccccc2)c1. The van der Waals surface area contributed by atoms with Gasteiger partial charge in [-0.1, -0.05) is 18.2 Å². The molecule has 100 valence electrons. The molecule has 0 unspecified atom stereocenters. The number of thiophene rings is 1. The fourth-order valence-corrected chi connectivity index (χ4v) is 2.72. The molecule has 0 N–H and O–H groups in total. The lowest BCUT2D eigenvalue weighted by molar-refractivity contribution is 0.103. The highest BCUT2D eigenvalue weighted by Gasteiger charge is 2.17. The Balaban J connectivity index is 1.99. The van der Waals surface area contributed by atoms with E-state index in [-0.39, 0.29) is 5.78 Å². The first-order valence-corrected chi connectivity index (χ1v) is 6.94. The first kappa shape index (κ1) is 12.6. The molecule has 0 radical (unpaired) electrons. The summed E-state index contributed by atoms with van der Waals surface area (Å²) in [6, 6.07) is 13.1. The average molecular weight is 284 g/mol. The normalized spacial score (nSPS) is 10.4. The van der Waals surface area contributed by atoms with Crippen molar-refractivity contribution in [2.45, 2.75) is 0 Å². The van der Waals surface area contributed by atoms with E-state index in [9.17, 15) is 4.79 Å². The molecule has 4 nitrogen and oxygen atoms in total.